The van der Waals surface area contributed by atoms with Crippen LogP contribution in [0.3, 0.4) is 0 Å². The molecule has 1 atom stereocenters. The van der Waals surface area contributed by atoms with E-state index in [1.54, 1.807) is 14.0 Å². The molecule has 4 heteroatoms. The molecule has 0 bridgehead atoms. The fraction of sp³-hybridized carbons (Fsp3) is 0.750. The summed E-state index contributed by atoms with van der Waals surface area (Å²) >= 11 is 0. The number of amidine groups is 1. The van der Waals surface area contributed by atoms with E-state index in [9.17, 15) is 0 Å². The van der Waals surface area contributed by atoms with Gasteiger partial charge in [-0.15, -0.1) is 0 Å². The normalized spacial score (nSPS) is 27.6. The van der Waals surface area contributed by atoms with Crippen LogP contribution < -0.4 is 5.32 Å². The SMILES string of the molecule is CC1=NN(C)C(O)N1. The largest absolute Gasteiger partial charge is 0.355 e. The number of nitrogens with zero attached hydrogens (tertiary/aromatic N) is 2. The molecule has 1 unspecified atom stereocenters. The fourth-order valence-electron chi connectivity index (χ4n) is 0.600. The van der Waals surface area contributed by atoms with Crippen molar-refractivity contribution in [1.29, 1.82) is 0 Å². The molecule has 1 rings (SSSR count). The second kappa shape index (κ2) is 1.63. The van der Waals surface area contributed by atoms with Gasteiger partial charge in [0.25, 0.3) is 0 Å². The zero-order chi connectivity index (χ0) is 6.15. The third-order valence-corrected chi connectivity index (χ3v) is 1.000. The van der Waals surface area contributed by atoms with E-state index in [0.29, 0.717) is 0 Å². The summed E-state index contributed by atoms with van der Waals surface area (Å²) in [5, 5.41) is 16.9. The number of aliphatic hydroxyl groups excluding tert-OH is 1. The number of aliphatic hydroxyl groups is 1. The van der Waals surface area contributed by atoms with Gasteiger partial charge in [-0.25, -0.2) is 0 Å². The van der Waals surface area contributed by atoms with Crippen molar-refractivity contribution in [3.63, 3.8) is 0 Å². The summed E-state index contributed by atoms with van der Waals surface area (Å²) in [7, 11) is 1.70. The van der Waals surface area contributed by atoms with Crippen molar-refractivity contribution < 1.29 is 5.11 Å². The maximum absolute atomic E-state index is 8.87. The van der Waals surface area contributed by atoms with Crippen LogP contribution >= 0.6 is 0 Å². The van der Waals surface area contributed by atoms with Crippen LogP contribution in [0.2, 0.25) is 0 Å². The molecular formula is C4H9N3O. The lowest BCUT2D eigenvalue weighted by molar-refractivity contribution is 0.0285. The minimum absolute atomic E-state index is 0.630. The highest BCUT2D eigenvalue weighted by Crippen LogP contribution is 1.96. The van der Waals surface area contributed by atoms with Crippen molar-refractivity contribution in [1.82, 2.24) is 10.3 Å². The predicted octanol–water partition coefficient (Wildman–Crippen LogP) is -0.869. The molecule has 0 saturated carbocycles. The van der Waals surface area contributed by atoms with Crippen molar-refractivity contribution in [2.45, 2.75) is 13.3 Å². The third kappa shape index (κ3) is 0.742. The maximum atomic E-state index is 8.87. The predicted molar refractivity (Wildman–Crippen MR) is 30.0 cm³/mol. The van der Waals surface area contributed by atoms with Gasteiger partial charge in [0.05, 0.1) is 0 Å². The minimum atomic E-state index is -0.630. The molecule has 0 fully saturated rings. The van der Waals surface area contributed by atoms with Gasteiger partial charge < -0.3 is 10.4 Å². The van der Waals surface area contributed by atoms with E-state index in [1.165, 1.54) is 5.01 Å². The summed E-state index contributed by atoms with van der Waals surface area (Å²) < 4.78 is 0. The van der Waals surface area contributed by atoms with Crippen LogP contribution in [-0.4, -0.2) is 29.4 Å². The first-order valence-corrected chi connectivity index (χ1v) is 2.43. The van der Waals surface area contributed by atoms with Crippen LogP contribution in [0.25, 0.3) is 0 Å². The monoisotopic (exact) mass is 115 g/mol. The Bertz CT molecular complexity index is 122. The molecule has 0 radical (unpaired) electrons. The molecule has 0 aromatic rings. The standard InChI is InChI=1S/C4H9N3O/c1-3-5-4(8)7(2)6-3/h4,8H,1-2H3,(H,5,6). The van der Waals surface area contributed by atoms with Gasteiger partial charge in [0.2, 0.25) is 6.35 Å². The Kier molecular flexibility index (Phi) is 1.09. The van der Waals surface area contributed by atoms with Gasteiger partial charge in [0.15, 0.2) is 0 Å². The van der Waals surface area contributed by atoms with Gasteiger partial charge in [-0.2, -0.15) is 5.10 Å². The zero-order valence-electron chi connectivity index (χ0n) is 4.92. The molecule has 46 valence electrons. The Balaban J connectivity index is 2.56. The second-order valence-corrected chi connectivity index (χ2v) is 1.78. The summed E-state index contributed by atoms with van der Waals surface area (Å²) in [6.07, 6.45) is -0.630. The number of hydrogen-bond acceptors (Lipinski definition) is 4. The highest BCUT2D eigenvalue weighted by atomic mass is 16.3. The van der Waals surface area contributed by atoms with E-state index in [2.05, 4.69) is 10.4 Å². The lowest BCUT2D eigenvalue weighted by Crippen LogP contribution is -2.34. The Morgan fingerprint density at radius 2 is 2.50 bits per heavy atom. The van der Waals surface area contributed by atoms with E-state index in [4.69, 9.17) is 5.11 Å². The summed E-state index contributed by atoms with van der Waals surface area (Å²) in [5.41, 5.74) is 0. The van der Waals surface area contributed by atoms with Gasteiger partial charge in [-0.3, -0.25) is 5.01 Å². The van der Waals surface area contributed by atoms with E-state index in [0.717, 1.165) is 5.84 Å². The zero-order valence-corrected chi connectivity index (χ0v) is 4.92. The highest BCUT2D eigenvalue weighted by molar-refractivity contribution is 5.80. The maximum Gasteiger partial charge on any atom is 0.221 e. The quantitative estimate of drug-likeness (QED) is 0.431. The molecule has 0 aromatic heterocycles. The molecule has 2 N–H and O–H groups in total. The molecular weight excluding hydrogens is 106 g/mol. The van der Waals surface area contributed by atoms with E-state index in [1.807, 2.05) is 0 Å². The number of nitrogens with one attached hydrogen (secondary N) is 1. The number of rotatable bonds is 0. The van der Waals surface area contributed by atoms with Gasteiger partial charge in [0.1, 0.15) is 5.84 Å². The molecule has 0 amide bonds. The molecule has 1 aliphatic heterocycles. The van der Waals surface area contributed by atoms with Crippen molar-refractivity contribution >= 4 is 5.84 Å². The second-order valence-electron chi connectivity index (χ2n) is 1.78. The van der Waals surface area contributed by atoms with Crippen molar-refractivity contribution in [3.05, 3.63) is 0 Å². The molecule has 1 aliphatic rings. The fourth-order valence-corrected chi connectivity index (χ4v) is 0.600. The summed E-state index contributed by atoms with van der Waals surface area (Å²) in [6, 6.07) is 0. The smallest absolute Gasteiger partial charge is 0.221 e. The Hall–Kier alpha value is -0.770. The van der Waals surface area contributed by atoms with Crippen LogP contribution in [0.4, 0.5) is 0 Å². The molecule has 1 heterocycles. The van der Waals surface area contributed by atoms with Gasteiger partial charge >= 0.3 is 0 Å². The average molecular weight is 115 g/mol. The minimum Gasteiger partial charge on any atom is -0.355 e. The molecule has 0 aliphatic carbocycles. The van der Waals surface area contributed by atoms with Crippen molar-refractivity contribution in [2.75, 3.05) is 7.05 Å². The first kappa shape index (κ1) is 5.37. The van der Waals surface area contributed by atoms with E-state index >= 15 is 0 Å². The van der Waals surface area contributed by atoms with Crippen molar-refractivity contribution in [3.8, 4) is 0 Å². The molecule has 0 saturated heterocycles. The topological polar surface area (TPSA) is 47.9 Å². The van der Waals surface area contributed by atoms with E-state index in [-0.39, 0.29) is 0 Å². The summed E-state index contributed by atoms with van der Waals surface area (Å²) in [6.45, 7) is 1.80. The molecule has 8 heavy (non-hydrogen) atoms. The third-order valence-electron chi connectivity index (χ3n) is 1.000. The molecule has 0 aromatic carbocycles. The van der Waals surface area contributed by atoms with Crippen LogP contribution in [0.15, 0.2) is 5.10 Å². The number of hydrazone groups is 1. The Labute approximate surface area is 47.8 Å². The Morgan fingerprint density at radius 1 is 1.88 bits per heavy atom. The first-order chi connectivity index (χ1) is 3.70. The summed E-state index contributed by atoms with van der Waals surface area (Å²) in [4.78, 5) is 0. The highest BCUT2D eigenvalue weighted by Gasteiger charge is 2.14. The van der Waals surface area contributed by atoms with Crippen LogP contribution in [-0.2, 0) is 0 Å². The molecule has 0 spiro atoms. The summed E-state index contributed by atoms with van der Waals surface area (Å²) in [5.74, 6) is 0.750. The lowest BCUT2D eigenvalue weighted by atomic mass is 10.7. The van der Waals surface area contributed by atoms with E-state index < -0.39 is 6.35 Å². The Morgan fingerprint density at radius 3 is 2.62 bits per heavy atom. The van der Waals surface area contributed by atoms with Gasteiger partial charge in [-0.1, -0.05) is 0 Å². The van der Waals surface area contributed by atoms with Crippen LogP contribution in [0, 0.1) is 0 Å². The lowest BCUT2D eigenvalue weighted by Gasteiger charge is -2.10. The van der Waals surface area contributed by atoms with Gasteiger partial charge in [0, 0.05) is 7.05 Å². The van der Waals surface area contributed by atoms with Crippen molar-refractivity contribution in [2.24, 2.45) is 5.10 Å². The first-order valence-electron chi connectivity index (χ1n) is 2.43. The van der Waals surface area contributed by atoms with Crippen LogP contribution in [0.5, 0.6) is 0 Å². The van der Waals surface area contributed by atoms with Gasteiger partial charge in [-0.05, 0) is 6.92 Å². The van der Waals surface area contributed by atoms with Crippen LogP contribution in [0.1, 0.15) is 6.92 Å². The molecule has 4 nitrogen and oxygen atoms in total. The average Bonchev–Trinajstić information content (AvgIpc) is 1.85. The number of hydrogen-bond donors (Lipinski definition) is 2.